The van der Waals surface area contributed by atoms with Crippen LogP contribution in [0.2, 0.25) is 10.0 Å². The fourth-order valence-electron chi connectivity index (χ4n) is 3.05. The van der Waals surface area contributed by atoms with Crippen LogP contribution in [0.1, 0.15) is 5.56 Å². The molecule has 1 amide bonds. The van der Waals surface area contributed by atoms with Gasteiger partial charge in [0.1, 0.15) is 0 Å². The molecule has 0 N–H and O–H groups in total. The highest BCUT2D eigenvalue weighted by molar-refractivity contribution is 6.42. The number of nitro benzene ring substituents is 1. The predicted molar refractivity (Wildman–Crippen MR) is 118 cm³/mol. The minimum absolute atomic E-state index is 0.0348. The molecule has 0 aliphatic carbocycles. The number of amides is 1. The van der Waals surface area contributed by atoms with Crippen LogP contribution in [0.25, 0.3) is 6.08 Å². The Bertz CT molecular complexity index is 1000. The van der Waals surface area contributed by atoms with Crippen LogP contribution < -0.4 is 4.90 Å². The number of nitro groups is 1. The Hall–Kier alpha value is -3.10. The first-order chi connectivity index (χ1) is 14.8. The van der Waals surface area contributed by atoms with E-state index in [0.717, 1.165) is 5.69 Å². The zero-order chi connectivity index (χ0) is 22.4. The van der Waals surface area contributed by atoms with E-state index in [1.807, 2.05) is 4.90 Å². The average molecular weight is 464 g/mol. The third kappa shape index (κ3) is 6.19. The molecular weight excluding hydrogens is 445 g/mol. The number of esters is 1. The van der Waals surface area contributed by atoms with Gasteiger partial charge in [0.25, 0.3) is 11.6 Å². The third-order valence-corrected chi connectivity index (χ3v) is 5.49. The topological polar surface area (TPSA) is 93.0 Å². The van der Waals surface area contributed by atoms with E-state index in [1.165, 1.54) is 24.3 Å². The summed E-state index contributed by atoms with van der Waals surface area (Å²) >= 11 is 11.8. The van der Waals surface area contributed by atoms with E-state index in [-0.39, 0.29) is 18.2 Å². The van der Waals surface area contributed by atoms with Crippen LogP contribution >= 0.6 is 23.2 Å². The number of halogens is 2. The van der Waals surface area contributed by atoms with Gasteiger partial charge in [-0.1, -0.05) is 29.3 Å². The van der Waals surface area contributed by atoms with Crippen LogP contribution in [0.4, 0.5) is 11.4 Å². The molecule has 2 aromatic rings. The SMILES string of the molecule is O=C(/C=C/c1ccc(Cl)c(Cl)c1)OCC(=O)N1CCN(c2ccc([N+](=O)[O-])cc2)CC1. The molecule has 0 radical (unpaired) electrons. The van der Waals surface area contributed by atoms with Crippen LogP contribution in [-0.2, 0) is 14.3 Å². The Morgan fingerprint density at radius 3 is 2.32 bits per heavy atom. The molecule has 1 saturated heterocycles. The van der Waals surface area contributed by atoms with Gasteiger partial charge in [-0.15, -0.1) is 0 Å². The van der Waals surface area contributed by atoms with Crippen molar-refractivity contribution < 1.29 is 19.2 Å². The molecule has 31 heavy (non-hydrogen) atoms. The number of rotatable bonds is 6. The van der Waals surface area contributed by atoms with Crippen LogP contribution in [0, 0.1) is 10.1 Å². The van der Waals surface area contributed by atoms with Gasteiger partial charge < -0.3 is 14.5 Å². The monoisotopic (exact) mass is 463 g/mol. The number of carbonyl (C=O) groups excluding carboxylic acids is 2. The summed E-state index contributed by atoms with van der Waals surface area (Å²) in [6.07, 6.45) is 2.75. The molecule has 1 aliphatic heterocycles. The van der Waals surface area contributed by atoms with Crippen molar-refractivity contribution in [1.29, 1.82) is 0 Å². The average Bonchev–Trinajstić information content (AvgIpc) is 2.78. The molecule has 3 rings (SSSR count). The zero-order valence-electron chi connectivity index (χ0n) is 16.4. The number of anilines is 1. The number of nitrogens with zero attached hydrogens (tertiary/aromatic N) is 3. The number of hydrogen-bond donors (Lipinski definition) is 0. The van der Waals surface area contributed by atoms with Gasteiger partial charge in [0, 0.05) is 50.1 Å². The third-order valence-electron chi connectivity index (χ3n) is 4.75. The summed E-state index contributed by atoms with van der Waals surface area (Å²) in [5.74, 6) is -0.913. The van der Waals surface area contributed by atoms with E-state index in [9.17, 15) is 19.7 Å². The highest BCUT2D eigenvalue weighted by atomic mass is 35.5. The van der Waals surface area contributed by atoms with E-state index in [0.29, 0.717) is 41.8 Å². The molecular formula is C21H19Cl2N3O5. The molecule has 1 fully saturated rings. The number of carbonyl (C=O) groups is 2. The lowest BCUT2D eigenvalue weighted by molar-refractivity contribution is -0.384. The summed E-state index contributed by atoms with van der Waals surface area (Å²) in [6, 6.07) is 11.2. The van der Waals surface area contributed by atoms with Gasteiger partial charge in [0.2, 0.25) is 0 Å². The van der Waals surface area contributed by atoms with Crippen molar-refractivity contribution in [2.75, 3.05) is 37.7 Å². The molecule has 0 atom stereocenters. The predicted octanol–water partition coefficient (Wildman–Crippen LogP) is 3.81. The first-order valence-electron chi connectivity index (χ1n) is 9.40. The summed E-state index contributed by atoms with van der Waals surface area (Å²) in [5, 5.41) is 11.5. The van der Waals surface area contributed by atoms with E-state index in [1.54, 1.807) is 35.2 Å². The summed E-state index contributed by atoms with van der Waals surface area (Å²) in [7, 11) is 0. The molecule has 2 aromatic carbocycles. The molecule has 0 bridgehead atoms. The first kappa shape index (κ1) is 22.6. The smallest absolute Gasteiger partial charge is 0.331 e. The number of ether oxygens (including phenoxy) is 1. The first-order valence-corrected chi connectivity index (χ1v) is 10.2. The minimum Gasteiger partial charge on any atom is -0.452 e. The Balaban J connectivity index is 1.44. The van der Waals surface area contributed by atoms with Crippen molar-refractivity contribution in [1.82, 2.24) is 4.90 Å². The van der Waals surface area contributed by atoms with Crippen molar-refractivity contribution in [3.63, 3.8) is 0 Å². The Morgan fingerprint density at radius 2 is 1.71 bits per heavy atom. The Morgan fingerprint density at radius 1 is 1.03 bits per heavy atom. The fraction of sp³-hybridized carbons (Fsp3) is 0.238. The molecule has 0 spiro atoms. The highest BCUT2D eigenvalue weighted by Gasteiger charge is 2.22. The maximum atomic E-state index is 12.3. The van der Waals surface area contributed by atoms with Crippen molar-refractivity contribution in [2.24, 2.45) is 0 Å². The van der Waals surface area contributed by atoms with Gasteiger partial charge in [-0.25, -0.2) is 4.79 Å². The van der Waals surface area contributed by atoms with Crippen molar-refractivity contribution in [3.8, 4) is 0 Å². The van der Waals surface area contributed by atoms with Gasteiger partial charge in [0.05, 0.1) is 15.0 Å². The van der Waals surface area contributed by atoms with Gasteiger partial charge in [-0.3, -0.25) is 14.9 Å². The second kappa shape index (κ2) is 10.3. The van der Waals surface area contributed by atoms with Crippen molar-refractivity contribution in [3.05, 3.63) is 74.3 Å². The summed E-state index contributed by atoms with van der Waals surface area (Å²) in [6.45, 7) is 1.74. The Labute approximate surface area is 188 Å². The lowest BCUT2D eigenvalue weighted by atomic mass is 10.2. The quantitative estimate of drug-likeness (QED) is 0.280. The summed E-state index contributed by atoms with van der Waals surface area (Å²) in [4.78, 5) is 38.2. The van der Waals surface area contributed by atoms with Crippen LogP contribution in [0.5, 0.6) is 0 Å². The van der Waals surface area contributed by atoms with E-state index in [2.05, 4.69) is 0 Å². The molecule has 8 nitrogen and oxygen atoms in total. The van der Waals surface area contributed by atoms with E-state index >= 15 is 0 Å². The van der Waals surface area contributed by atoms with Gasteiger partial charge in [-0.05, 0) is 35.9 Å². The lowest BCUT2D eigenvalue weighted by Gasteiger charge is -2.36. The van der Waals surface area contributed by atoms with Crippen LogP contribution in [0.3, 0.4) is 0 Å². The van der Waals surface area contributed by atoms with Gasteiger partial charge in [-0.2, -0.15) is 0 Å². The second-order valence-electron chi connectivity index (χ2n) is 6.76. The normalized spacial score (nSPS) is 14.0. The number of non-ortho nitro benzene ring substituents is 1. The minimum atomic E-state index is -0.635. The standard InChI is InChI=1S/C21H19Cl2N3O5/c22-18-7-1-15(13-19(18)23)2-8-21(28)31-14-20(27)25-11-9-24(10-12-25)16-3-5-17(6-4-16)26(29)30/h1-8,13H,9-12,14H2/b8-2+. The maximum absolute atomic E-state index is 12.3. The second-order valence-corrected chi connectivity index (χ2v) is 7.57. The zero-order valence-corrected chi connectivity index (χ0v) is 17.9. The molecule has 1 aliphatic rings. The van der Waals surface area contributed by atoms with Crippen LogP contribution in [-0.4, -0.2) is 54.5 Å². The summed E-state index contributed by atoms with van der Waals surface area (Å²) < 4.78 is 5.03. The fourth-order valence-corrected chi connectivity index (χ4v) is 3.36. The maximum Gasteiger partial charge on any atom is 0.331 e. The number of piperazine rings is 1. The van der Waals surface area contributed by atoms with Gasteiger partial charge in [0.15, 0.2) is 6.61 Å². The Kier molecular flexibility index (Phi) is 7.49. The highest BCUT2D eigenvalue weighted by Crippen LogP contribution is 2.23. The largest absolute Gasteiger partial charge is 0.452 e. The van der Waals surface area contributed by atoms with E-state index < -0.39 is 10.9 Å². The van der Waals surface area contributed by atoms with Crippen molar-refractivity contribution >= 4 is 52.5 Å². The van der Waals surface area contributed by atoms with Crippen molar-refractivity contribution in [2.45, 2.75) is 0 Å². The molecule has 0 aromatic heterocycles. The molecule has 0 saturated carbocycles. The molecule has 162 valence electrons. The summed E-state index contributed by atoms with van der Waals surface area (Å²) in [5.41, 5.74) is 1.57. The lowest BCUT2D eigenvalue weighted by Crippen LogP contribution is -2.49. The van der Waals surface area contributed by atoms with Gasteiger partial charge >= 0.3 is 5.97 Å². The number of hydrogen-bond acceptors (Lipinski definition) is 6. The molecule has 1 heterocycles. The molecule has 10 heteroatoms. The van der Waals surface area contributed by atoms with E-state index in [4.69, 9.17) is 27.9 Å². The number of benzene rings is 2. The van der Waals surface area contributed by atoms with Crippen LogP contribution in [0.15, 0.2) is 48.5 Å². The molecule has 0 unspecified atom stereocenters.